The topological polar surface area (TPSA) is 61.9 Å². The first-order valence-corrected chi connectivity index (χ1v) is 10.1. The van der Waals surface area contributed by atoms with Gasteiger partial charge < -0.3 is 19.9 Å². The van der Waals surface area contributed by atoms with Crippen molar-refractivity contribution in [3.63, 3.8) is 0 Å². The lowest BCUT2D eigenvalue weighted by Crippen LogP contribution is -2.48. The van der Waals surface area contributed by atoms with E-state index in [9.17, 15) is 9.59 Å². The van der Waals surface area contributed by atoms with Gasteiger partial charge in [-0.15, -0.1) is 0 Å². The molecule has 1 aromatic rings. The summed E-state index contributed by atoms with van der Waals surface area (Å²) < 4.78 is 6.00. The summed E-state index contributed by atoms with van der Waals surface area (Å²) in [6.45, 7) is 2.93. The van der Waals surface area contributed by atoms with Crippen LogP contribution in [0.15, 0.2) is 30.3 Å². The summed E-state index contributed by atoms with van der Waals surface area (Å²) in [4.78, 5) is 28.7. The zero-order chi connectivity index (χ0) is 18.6. The van der Waals surface area contributed by atoms with Crippen LogP contribution in [0, 0.1) is 0 Å². The lowest BCUT2D eigenvalue weighted by atomic mass is 10.1. The maximum Gasteiger partial charge on any atom is 0.242 e. The van der Waals surface area contributed by atoms with Gasteiger partial charge in [0.2, 0.25) is 11.8 Å². The number of amides is 2. The highest BCUT2D eigenvalue weighted by atomic mass is 16.5. The number of ether oxygens (including phenoxy) is 1. The van der Waals surface area contributed by atoms with Gasteiger partial charge in [-0.3, -0.25) is 9.59 Å². The number of hydrogen-bond donors (Lipinski definition) is 1. The SMILES string of the molecule is O=C(CN1CC2CCC(CC1=O)N2)N1CCC(OCc2ccccc2)CC1. The molecule has 3 fully saturated rings. The van der Waals surface area contributed by atoms with E-state index < -0.39 is 0 Å². The Labute approximate surface area is 160 Å². The lowest BCUT2D eigenvalue weighted by Gasteiger charge is -2.34. The summed E-state index contributed by atoms with van der Waals surface area (Å²) in [5.74, 6) is 0.187. The minimum absolute atomic E-state index is 0.0719. The van der Waals surface area contributed by atoms with Gasteiger partial charge in [0.1, 0.15) is 0 Å². The number of likely N-dealkylation sites (tertiary alicyclic amines) is 2. The number of rotatable bonds is 5. The predicted octanol–water partition coefficient (Wildman–Crippen LogP) is 1.55. The Kier molecular flexibility index (Phi) is 5.74. The number of hydrogen-bond acceptors (Lipinski definition) is 4. The fourth-order valence-electron chi connectivity index (χ4n) is 4.39. The van der Waals surface area contributed by atoms with Crippen LogP contribution in [0.25, 0.3) is 0 Å². The first kappa shape index (κ1) is 18.4. The van der Waals surface area contributed by atoms with Crippen molar-refractivity contribution in [2.24, 2.45) is 0 Å². The molecule has 146 valence electrons. The van der Waals surface area contributed by atoms with Crippen LogP contribution in [0.2, 0.25) is 0 Å². The van der Waals surface area contributed by atoms with Gasteiger partial charge in [-0.05, 0) is 31.2 Å². The minimum atomic E-state index is 0.0719. The van der Waals surface area contributed by atoms with Crippen LogP contribution in [-0.2, 0) is 20.9 Å². The zero-order valence-electron chi connectivity index (χ0n) is 15.8. The molecule has 1 aromatic carbocycles. The maximum absolute atomic E-state index is 12.7. The van der Waals surface area contributed by atoms with E-state index in [0.717, 1.165) is 25.7 Å². The summed E-state index contributed by atoms with van der Waals surface area (Å²) >= 11 is 0. The Hall–Kier alpha value is -1.92. The van der Waals surface area contributed by atoms with Crippen molar-refractivity contribution in [3.8, 4) is 0 Å². The summed E-state index contributed by atoms with van der Waals surface area (Å²) in [6, 6.07) is 10.8. The molecule has 6 heteroatoms. The second-order valence-corrected chi connectivity index (χ2v) is 7.99. The molecular formula is C21H29N3O3. The van der Waals surface area contributed by atoms with E-state index in [0.29, 0.717) is 44.7 Å². The lowest BCUT2D eigenvalue weighted by molar-refractivity contribution is -0.142. The second kappa shape index (κ2) is 8.40. The number of carbonyl (C=O) groups excluding carboxylic acids is 2. The van der Waals surface area contributed by atoms with E-state index in [1.807, 2.05) is 23.1 Å². The number of benzene rings is 1. The highest BCUT2D eigenvalue weighted by molar-refractivity contribution is 5.85. The van der Waals surface area contributed by atoms with Gasteiger partial charge in [0.05, 0.1) is 19.3 Å². The third kappa shape index (κ3) is 4.68. The number of carbonyl (C=O) groups is 2. The Morgan fingerprint density at radius 1 is 1.07 bits per heavy atom. The van der Waals surface area contributed by atoms with Crippen molar-refractivity contribution in [2.75, 3.05) is 26.2 Å². The van der Waals surface area contributed by atoms with Crippen LogP contribution in [0.4, 0.5) is 0 Å². The monoisotopic (exact) mass is 371 g/mol. The van der Waals surface area contributed by atoms with E-state index in [-0.39, 0.29) is 24.5 Å². The summed E-state index contributed by atoms with van der Waals surface area (Å²) in [6.07, 6.45) is 4.63. The smallest absolute Gasteiger partial charge is 0.242 e. The average Bonchev–Trinajstić information content (AvgIpc) is 3.07. The fraction of sp³-hybridized carbons (Fsp3) is 0.619. The first-order valence-electron chi connectivity index (χ1n) is 10.1. The third-order valence-electron chi connectivity index (χ3n) is 6.00. The molecular weight excluding hydrogens is 342 g/mol. The number of piperidine rings is 1. The van der Waals surface area contributed by atoms with Gasteiger partial charge >= 0.3 is 0 Å². The largest absolute Gasteiger partial charge is 0.373 e. The number of fused-ring (bicyclic) bond motifs is 2. The summed E-state index contributed by atoms with van der Waals surface area (Å²) in [5.41, 5.74) is 1.18. The molecule has 3 saturated heterocycles. The van der Waals surface area contributed by atoms with Crippen molar-refractivity contribution < 1.29 is 14.3 Å². The number of nitrogens with one attached hydrogen (secondary N) is 1. The molecule has 3 aliphatic heterocycles. The number of nitrogens with zero attached hydrogens (tertiary/aromatic N) is 2. The van der Waals surface area contributed by atoms with Crippen LogP contribution >= 0.6 is 0 Å². The normalized spacial score (nSPS) is 26.3. The molecule has 0 radical (unpaired) electrons. The fourth-order valence-corrected chi connectivity index (χ4v) is 4.39. The average molecular weight is 371 g/mol. The van der Waals surface area contributed by atoms with Crippen LogP contribution in [0.1, 0.15) is 37.7 Å². The Morgan fingerprint density at radius 3 is 2.59 bits per heavy atom. The van der Waals surface area contributed by atoms with Crippen molar-refractivity contribution >= 4 is 11.8 Å². The van der Waals surface area contributed by atoms with E-state index in [1.165, 1.54) is 5.56 Å². The molecule has 0 aromatic heterocycles. The molecule has 0 aliphatic carbocycles. The van der Waals surface area contributed by atoms with Crippen molar-refractivity contribution in [1.29, 1.82) is 0 Å². The first-order chi connectivity index (χ1) is 13.2. The van der Waals surface area contributed by atoms with E-state index in [4.69, 9.17) is 4.74 Å². The van der Waals surface area contributed by atoms with E-state index >= 15 is 0 Å². The molecule has 4 rings (SSSR count). The van der Waals surface area contributed by atoms with E-state index in [1.54, 1.807) is 4.90 Å². The molecule has 0 saturated carbocycles. The molecule has 0 spiro atoms. The van der Waals surface area contributed by atoms with Crippen molar-refractivity contribution in [1.82, 2.24) is 15.1 Å². The molecule has 2 bridgehead atoms. The van der Waals surface area contributed by atoms with Crippen LogP contribution in [0.5, 0.6) is 0 Å². The molecule has 3 heterocycles. The highest BCUT2D eigenvalue weighted by Crippen LogP contribution is 2.22. The molecule has 27 heavy (non-hydrogen) atoms. The predicted molar refractivity (Wildman–Crippen MR) is 102 cm³/mol. The van der Waals surface area contributed by atoms with Gasteiger partial charge in [-0.25, -0.2) is 0 Å². The van der Waals surface area contributed by atoms with Crippen LogP contribution in [-0.4, -0.2) is 66.0 Å². The molecule has 3 aliphatic rings. The Balaban J connectivity index is 1.22. The summed E-state index contributed by atoms with van der Waals surface area (Å²) in [7, 11) is 0. The highest BCUT2D eigenvalue weighted by Gasteiger charge is 2.35. The van der Waals surface area contributed by atoms with Crippen LogP contribution in [0.3, 0.4) is 0 Å². The third-order valence-corrected chi connectivity index (χ3v) is 6.00. The van der Waals surface area contributed by atoms with Gasteiger partial charge in [0.25, 0.3) is 0 Å². The zero-order valence-corrected chi connectivity index (χ0v) is 15.8. The Morgan fingerprint density at radius 2 is 1.81 bits per heavy atom. The quantitative estimate of drug-likeness (QED) is 0.853. The molecule has 6 nitrogen and oxygen atoms in total. The molecule has 2 unspecified atom stereocenters. The van der Waals surface area contributed by atoms with Gasteiger partial charge in [-0.2, -0.15) is 0 Å². The van der Waals surface area contributed by atoms with Crippen molar-refractivity contribution in [3.05, 3.63) is 35.9 Å². The second-order valence-electron chi connectivity index (χ2n) is 7.99. The maximum atomic E-state index is 12.7. The van der Waals surface area contributed by atoms with Crippen LogP contribution < -0.4 is 5.32 Å². The molecule has 1 N–H and O–H groups in total. The van der Waals surface area contributed by atoms with Crippen molar-refractivity contribution in [2.45, 2.75) is 56.9 Å². The van der Waals surface area contributed by atoms with E-state index in [2.05, 4.69) is 17.4 Å². The minimum Gasteiger partial charge on any atom is -0.373 e. The molecule has 2 atom stereocenters. The Bertz CT molecular complexity index is 658. The van der Waals surface area contributed by atoms with Gasteiger partial charge in [0.15, 0.2) is 0 Å². The molecule has 2 amide bonds. The van der Waals surface area contributed by atoms with Gasteiger partial charge in [0, 0.05) is 38.1 Å². The summed E-state index contributed by atoms with van der Waals surface area (Å²) in [5, 5.41) is 3.50. The standard InChI is InChI=1S/C21H29N3O3/c25-20-12-17-6-7-18(22-17)13-24(20)14-21(26)23-10-8-19(9-11-23)27-15-16-4-2-1-3-5-16/h1-5,17-19,22H,6-15H2. The van der Waals surface area contributed by atoms with Gasteiger partial charge in [-0.1, -0.05) is 30.3 Å².